The summed E-state index contributed by atoms with van der Waals surface area (Å²) in [5, 5.41) is 90.4. The molecule has 2 aliphatic rings. The SMILES string of the molecule is C[C@@H]1O[C@@H](CO[C@@H]2[C@@H](O)[C@H](OCCc3ccc(O)c(O)c3)O[C@H](CO)[C@H]2OC(=O)/C=C/c2ccc(O)c(O)c2)[C@H](O)[C@H](O)[C@H]1O. The molecule has 4 rings (SSSR count). The molecular weight excluding hydrogens is 600 g/mol. The van der Waals surface area contributed by atoms with Gasteiger partial charge in [0.25, 0.3) is 0 Å². The Bertz CT molecular complexity index is 1320. The molecule has 0 spiro atoms. The molecule has 0 unspecified atom stereocenters. The van der Waals surface area contributed by atoms with Crippen molar-refractivity contribution in [3.8, 4) is 23.0 Å². The highest BCUT2D eigenvalue weighted by Crippen LogP contribution is 2.30. The third-order valence-electron chi connectivity index (χ3n) is 7.57. The monoisotopic (exact) mass is 638 g/mol. The van der Waals surface area contributed by atoms with E-state index in [1.165, 1.54) is 43.3 Å². The standard InChI is InChI=1S/C30H38O15/c1-14-24(37)26(39)25(38)22(43-14)13-42-29-27(40)30(41-9-8-16-3-6-18(33)20(35)11-16)44-21(12-31)28(29)45-23(36)7-4-15-2-5-17(32)19(34)10-15/h2-7,10-11,14,21-22,24-35,37-40H,8-9,12-13H2,1H3/b7-4+/t14-,21+,22-,24-,25-,26+,27+,28+,29+,30+/m0/s1. The molecule has 0 radical (unpaired) electrons. The Labute approximate surface area is 257 Å². The van der Waals surface area contributed by atoms with Gasteiger partial charge in [0.2, 0.25) is 0 Å². The zero-order valence-corrected chi connectivity index (χ0v) is 24.2. The third kappa shape index (κ3) is 8.40. The maximum atomic E-state index is 12.8. The molecule has 0 amide bonds. The van der Waals surface area contributed by atoms with Gasteiger partial charge >= 0.3 is 5.97 Å². The first-order chi connectivity index (χ1) is 21.4. The quantitative estimate of drug-likeness (QED) is 0.0816. The number of aromatic hydroxyl groups is 4. The van der Waals surface area contributed by atoms with Crippen molar-refractivity contribution < 1.29 is 74.4 Å². The Balaban J connectivity index is 1.49. The molecule has 15 heteroatoms. The van der Waals surface area contributed by atoms with E-state index < -0.39 is 86.2 Å². The third-order valence-corrected chi connectivity index (χ3v) is 7.57. The summed E-state index contributed by atoms with van der Waals surface area (Å²) in [6, 6.07) is 8.06. The first kappa shape index (κ1) is 34.4. The van der Waals surface area contributed by atoms with Gasteiger partial charge in [0.1, 0.15) is 42.7 Å². The van der Waals surface area contributed by atoms with E-state index in [0.717, 1.165) is 6.08 Å². The lowest BCUT2D eigenvalue weighted by molar-refractivity contribution is -0.315. The molecule has 45 heavy (non-hydrogen) atoms. The molecule has 248 valence electrons. The largest absolute Gasteiger partial charge is 0.504 e. The maximum Gasteiger partial charge on any atom is 0.331 e. The molecule has 0 bridgehead atoms. The fourth-order valence-corrected chi connectivity index (χ4v) is 4.99. The normalized spacial score (nSPS) is 32.0. The molecule has 15 nitrogen and oxygen atoms in total. The number of hydrogen-bond acceptors (Lipinski definition) is 15. The van der Waals surface area contributed by atoms with Crippen LogP contribution in [-0.2, 0) is 34.9 Å². The van der Waals surface area contributed by atoms with Crippen molar-refractivity contribution in [2.75, 3.05) is 19.8 Å². The van der Waals surface area contributed by atoms with Crippen LogP contribution in [0.15, 0.2) is 42.5 Å². The van der Waals surface area contributed by atoms with E-state index in [0.29, 0.717) is 11.1 Å². The maximum absolute atomic E-state index is 12.8. The molecule has 2 heterocycles. The van der Waals surface area contributed by atoms with Crippen molar-refractivity contribution in [1.29, 1.82) is 0 Å². The van der Waals surface area contributed by atoms with Gasteiger partial charge in [-0.15, -0.1) is 0 Å². The lowest BCUT2D eigenvalue weighted by atomic mass is 9.95. The molecule has 2 saturated heterocycles. The van der Waals surface area contributed by atoms with E-state index in [1.54, 1.807) is 6.07 Å². The van der Waals surface area contributed by atoms with E-state index >= 15 is 0 Å². The van der Waals surface area contributed by atoms with Crippen LogP contribution in [-0.4, -0.2) is 133 Å². The van der Waals surface area contributed by atoms with Gasteiger partial charge in [-0.2, -0.15) is 0 Å². The van der Waals surface area contributed by atoms with Crippen molar-refractivity contribution in [3.63, 3.8) is 0 Å². The Kier molecular flexibility index (Phi) is 11.6. The number of rotatable bonds is 11. The van der Waals surface area contributed by atoms with E-state index in [4.69, 9.17) is 23.7 Å². The van der Waals surface area contributed by atoms with Crippen molar-refractivity contribution >= 4 is 12.0 Å². The average Bonchev–Trinajstić information content (AvgIpc) is 3.01. The number of carbonyl (C=O) groups excluding carboxylic acids is 1. The van der Waals surface area contributed by atoms with Gasteiger partial charge in [0, 0.05) is 6.08 Å². The lowest BCUT2D eigenvalue weighted by Crippen LogP contribution is -2.63. The molecule has 2 aromatic rings. The minimum Gasteiger partial charge on any atom is -0.504 e. The minimum absolute atomic E-state index is 0.0461. The predicted octanol–water partition coefficient (Wildman–Crippen LogP) is -0.973. The molecular formula is C30H38O15. The van der Waals surface area contributed by atoms with Gasteiger partial charge in [0.05, 0.1) is 25.9 Å². The zero-order chi connectivity index (χ0) is 32.8. The van der Waals surface area contributed by atoms with Gasteiger partial charge in [-0.1, -0.05) is 12.1 Å². The van der Waals surface area contributed by atoms with Crippen LogP contribution < -0.4 is 0 Å². The number of hydrogen-bond donors (Lipinski definition) is 9. The summed E-state index contributed by atoms with van der Waals surface area (Å²) in [7, 11) is 0. The highest BCUT2D eigenvalue weighted by molar-refractivity contribution is 5.87. The Morgan fingerprint density at radius 3 is 2.16 bits per heavy atom. The van der Waals surface area contributed by atoms with Crippen LogP contribution in [0.3, 0.4) is 0 Å². The number of aliphatic hydroxyl groups is 5. The van der Waals surface area contributed by atoms with Crippen LogP contribution in [0.25, 0.3) is 6.08 Å². The minimum atomic E-state index is -1.62. The van der Waals surface area contributed by atoms with Gasteiger partial charge in [0.15, 0.2) is 35.4 Å². The molecule has 10 atom stereocenters. The predicted molar refractivity (Wildman–Crippen MR) is 152 cm³/mol. The van der Waals surface area contributed by atoms with Gasteiger partial charge in [-0.05, 0) is 54.8 Å². The van der Waals surface area contributed by atoms with Crippen LogP contribution in [0, 0.1) is 0 Å². The zero-order valence-electron chi connectivity index (χ0n) is 24.2. The van der Waals surface area contributed by atoms with Crippen LogP contribution in [0.2, 0.25) is 0 Å². The van der Waals surface area contributed by atoms with Crippen molar-refractivity contribution in [2.24, 2.45) is 0 Å². The fourth-order valence-electron chi connectivity index (χ4n) is 4.99. The summed E-state index contributed by atoms with van der Waals surface area (Å²) in [4.78, 5) is 12.8. The molecule has 2 fully saturated rings. The number of carbonyl (C=O) groups is 1. The summed E-state index contributed by atoms with van der Waals surface area (Å²) >= 11 is 0. The number of benzene rings is 2. The second-order valence-electron chi connectivity index (χ2n) is 10.8. The van der Waals surface area contributed by atoms with Crippen LogP contribution >= 0.6 is 0 Å². The van der Waals surface area contributed by atoms with E-state index in [-0.39, 0.29) is 30.3 Å². The smallest absolute Gasteiger partial charge is 0.331 e. The first-order valence-electron chi connectivity index (χ1n) is 14.2. The summed E-state index contributed by atoms with van der Waals surface area (Å²) in [5.41, 5.74) is 0.948. The summed E-state index contributed by atoms with van der Waals surface area (Å²) in [6.07, 6.45) is -11.1. The molecule has 0 aromatic heterocycles. The number of esters is 1. The fraction of sp³-hybridized carbons (Fsp3) is 0.500. The van der Waals surface area contributed by atoms with Crippen LogP contribution in [0.1, 0.15) is 18.1 Å². The van der Waals surface area contributed by atoms with Gasteiger partial charge in [-0.25, -0.2) is 4.79 Å². The van der Waals surface area contributed by atoms with E-state index in [1.807, 2.05) is 0 Å². The molecule has 2 aromatic carbocycles. The molecule has 9 N–H and O–H groups in total. The molecule has 0 aliphatic carbocycles. The van der Waals surface area contributed by atoms with Crippen molar-refractivity contribution in [3.05, 3.63) is 53.6 Å². The van der Waals surface area contributed by atoms with Crippen LogP contribution in [0.5, 0.6) is 23.0 Å². The van der Waals surface area contributed by atoms with Crippen molar-refractivity contribution in [2.45, 2.75) is 74.6 Å². The number of aliphatic hydroxyl groups excluding tert-OH is 5. The van der Waals surface area contributed by atoms with E-state index in [9.17, 15) is 50.8 Å². The first-order valence-corrected chi connectivity index (χ1v) is 14.2. The van der Waals surface area contributed by atoms with Crippen LogP contribution in [0.4, 0.5) is 0 Å². The number of ether oxygens (including phenoxy) is 5. The second kappa shape index (κ2) is 15.2. The Morgan fingerprint density at radius 1 is 0.800 bits per heavy atom. The van der Waals surface area contributed by atoms with Gasteiger partial charge in [-0.3, -0.25) is 0 Å². The van der Waals surface area contributed by atoms with E-state index in [2.05, 4.69) is 0 Å². The lowest BCUT2D eigenvalue weighted by Gasteiger charge is -2.44. The topological polar surface area (TPSA) is 245 Å². The Hall–Kier alpha value is -3.51. The summed E-state index contributed by atoms with van der Waals surface area (Å²) in [5.74, 6) is -2.32. The number of phenolic OH excluding ortho intramolecular Hbond substituents is 4. The second-order valence-corrected chi connectivity index (χ2v) is 10.8. The average molecular weight is 639 g/mol. The van der Waals surface area contributed by atoms with Gasteiger partial charge < -0.3 is 69.6 Å². The summed E-state index contributed by atoms with van der Waals surface area (Å²) in [6.45, 7) is 0.303. The van der Waals surface area contributed by atoms with Crippen molar-refractivity contribution in [1.82, 2.24) is 0 Å². The molecule has 2 aliphatic heterocycles. The summed E-state index contributed by atoms with van der Waals surface area (Å²) < 4.78 is 28.4. The Morgan fingerprint density at radius 2 is 1.49 bits per heavy atom. The highest BCUT2D eigenvalue weighted by Gasteiger charge is 2.50. The number of phenols is 4. The highest BCUT2D eigenvalue weighted by atomic mass is 16.7. The molecule has 0 saturated carbocycles.